The first-order chi connectivity index (χ1) is 13.1. The molecular formula is C20H21N3O4. The van der Waals surface area contributed by atoms with Crippen molar-refractivity contribution in [2.75, 3.05) is 13.2 Å². The van der Waals surface area contributed by atoms with Gasteiger partial charge in [-0.2, -0.15) is 0 Å². The molecule has 1 saturated heterocycles. The number of esters is 1. The fraction of sp³-hybridized carbons (Fsp3) is 0.400. The molecule has 140 valence electrons. The number of hydrogen-bond acceptors (Lipinski definition) is 5. The van der Waals surface area contributed by atoms with Crippen molar-refractivity contribution in [3.8, 4) is 11.4 Å². The number of fused-ring (bicyclic) bond motifs is 1. The van der Waals surface area contributed by atoms with Gasteiger partial charge in [-0.15, -0.1) is 0 Å². The first kappa shape index (κ1) is 17.5. The van der Waals surface area contributed by atoms with Crippen LogP contribution in [0.15, 0.2) is 35.1 Å². The second kappa shape index (κ2) is 7.34. The van der Waals surface area contributed by atoms with Crippen LogP contribution >= 0.6 is 0 Å². The molecule has 2 aliphatic rings. The lowest BCUT2D eigenvalue weighted by Gasteiger charge is -2.28. The van der Waals surface area contributed by atoms with E-state index in [1.165, 1.54) is 0 Å². The van der Waals surface area contributed by atoms with Gasteiger partial charge in [0, 0.05) is 24.1 Å². The average Bonchev–Trinajstić information content (AvgIpc) is 3.11. The lowest BCUT2D eigenvalue weighted by Crippen LogP contribution is -2.39. The highest BCUT2D eigenvalue weighted by Crippen LogP contribution is 2.22. The summed E-state index contributed by atoms with van der Waals surface area (Å²) in [5, 5.41) is 0. The van der Waals surface area contributed by atoms with Crippen LogP contribution in [-0.4, -0.2) is 39.9 Å². The highest BCUT2D eigenvalue weighted by atomic mass is 16.5. The smallest absolute Gasteiger partial charge is 0.309 e. The lowest BCUT2D eigenvalue weighted by atomic mass is 10.0. The van der Waals surface area contributed by atoms with E-state index in [-0.39, 0.29) is 23.4 Å². The third-order valence-electron chi connectivity index (χ3n) is 5.22. The van der Waals surface area contributed by atoms with E-state index >= 15 is 0 Å². The van der Waals surface area contributed by atoms with E-state index in [9.17, 15) is 14.4 Å². The third kappa shape index (κ3) is 3.63. The minimum absolute atomic E-state index is 0.0105. The van der Waals surface area contributed by atoms with Gasteiger partial charge in [0.25, 0.3) is 5.56 Å². The molecular weight excluding hydrogens is 346 g/mol. The quantitative estimate of drug-likeness (QED) is 0.830. The Kier molecular flexibility index (Phi) is 4.75. The summed E-state index contributed by atoms with van der Waals surface area (Å²) in [6.07, 6.45) is 2.00. The molecule has 1 atom stereocenters. The lowest BCUT2D eigenvalue weighted by molar-refractivity contribution is -0.141. The SMILES string of the molecule is O=C1OCC[C@@H]1CCC(=O)N1CCc2c(nc(-c3ccccc3)[nH]c2=O)C1. The van der Waals surface area contributed by atoms with Gasteiger partial charge in [-0.3, -0.25) is 14.4 Å². The first-order valence-corrected chi connectivity index (χ1v) is 9.23. The molecule has 27 heavy (non-hydrogen) atoms. The number of aromatic amines is 1. The number of cyclic esters (lactones) is 1. The van der Waals surface area contributed by atoms with Gasteiger partial charge in [-0.05, 0) is 19.3 Å². The summed E-state index contributed by atoms with van der Waals surface area (Å²) < 4.78 is 4.95. The van der Waals surface area contributed by atoms with Crippen LogP contribution in [0.1, 0.15) is 30.5 Å². The Morgan fingerprint density at radius 1 is 1.26 bits per heavy atom. The number of ether oxygens (including phenoxy) is 1. The summed E-state index contributed by atoms with van der Waals surface area (Å²) >= 11 is 0. The molecule has 1 aromatic heterocycles. The second-order valence-electron chi connectivity index (χ2n) is 6.96. The molecule has 1 amide bonds. The van der Waals surface area contributed by atoms with E-state index < -0.39 is 0 Å². The van der Waals surface area contributed by atoms with Gasteiger partial charge in [-0.1, -0.05) is 30.3 Å². The van der Waals surface area contributed by atoms with Crippen LogP contribution in [0.4, 0.5) is 0 Å². The van der Waals surface area contributed by atoms with E-state index in [4.69, 9.17) is 4.74 Å². The van der Waals surface area contributed by atoms with Crippen molar-refractivity contribution in [1.29, 1.82) is 0 Å². The van der Waals surface area contributed by atoms with E-state index in [2.05, 4.69) is 9.97 Å². The molecule has 0 aliphatic carbocycles. The van der Waals surface area contributed by atoms with Crippen molar-refractivity contribution in [2.24, 2.45) is 5.92 Å². The Balaban J connectivity index is 1.48. The summed E-state index contributed by atoms with van der Waals surface area (Å²) in [7, 11) is 0. The molecule has 1 fully saturated rings. The largest absolute Gasteiger partial charge is 0.465 e. The number of nitrogens with zero attached hydrogens (tertiary/aromatic N) is 2. The number of aromatic nitrogens is 2. The number of nitrogens with one attached hydrogen (secondary N) is 1. The molecule has 1 N–H and O–H groups in total. The molecule has 0 unspecified atom stereocenters. The minimum atomic E-state index is -0.201. The van der Waals surface area contributed by atoms with E-state index in [0.29, 0.717) is 62.5 Å². The zero-order valence-electron chi connectivity index (χ0n) is 14.9. The molecule has 2 aromatic rings. The summed E-state index contributed by atoms with van der Waals surface area (Å²) in [5.74, 6) is 0.134. The monoisotopic (exact) mass is 367 g/mol. The second-order valence-corrected chi connectivity index (χ2v) is 6.96. The van der Waals surface area contributed by atoms with Gasteiger partial charge in [0.1, 0.15) is 5.82 Å². The molecule has 0 saturated carbocycles. The standard InChI is InChI=1S/C20H21N3O4/c24-17(7-6-14-9-11-27-20(14)26)23-10-8-15-16(12-23)21-18(22-19(15)25)13-4-2-1-3-5-13/h1-5,14H,6-12H2,(H,21,22,25)/t14-/m0/s1. The predicted molar refractivity (Wildman–Crippen MR) is 97.7 cm³/mol. The maximum Gasteiger partial charge on any atom is 0.309 e. The van der Waals surface area contributed by atoms with Crippen molar-refractivity contribution in [2.45, 2.75) is 32.2 Å². The summed E-state index contributed by atoms with van der Waals surface area (Å²) in [6, 6.07) is 9.45. The van der Waals surface area contributed by atoms with E-state index in [0.717, 1.165) is 5.56 Å². The molecule has 0 bridgehead atoms. The highest BCUT2D eigenvalue weighted by molar-refractivity contribution is 5.78. The van der Waals surface area contributed by atoms with Crippen LogP contribution in [0.3, 0.4) is 0 Å². The van der Waals surface area contributed by atoms with Crippen molar-refractivity contribution in [3.05, 3.63) is 51.9 Å². The molecule has 7 heteroatoms. The summed E-state index contributed by atoms with van der Waals surface area (Å²) in [5.41, 5.74) is 2.00. The van der Waals surface area contributed by atoms with Gasteiger partial charge < -0.3 is 14.6 Å². The van der Waals surface area contributed by atoms with Crippen LogP contribution in [0.25, 0.3) is 11.4 Å². The van der Waals surface area contributed by atoms with E-state index in [1.807, 2.05) is 30.3 Å². The molecule has 1 aromatic carbocycles. The van der Waals surface area contributed by atoms with Gasteiger partial charge in [-0.25, -0.2) is 4.98 Å². The average molecular weight is 367 g/mol. The Morgan fingerprint density at radius 3 is 2.81 bits per heavy atom. The van der Waals surface area contributed by atoms with E-state index in [1.54, 1.807) is 4.90 Å². The number of carbonyl (C=O) groups excluding carboxylic acids is 2. The normalized spacial score (nSPS) is 18.9. The van der Waals surface area contributed by atoms with Crippen molar-refractivity contribution in [3.63, 3.8) is 0 Å². The molecule has 0 spiro atoms. The van der Waals surface area contributed by atoms with Gasteiger partial charge in [0.05, 0.1) is 24.8 Å². The third-order valence-corrected chi connectivity index (χ3v) is 5.22. The van der Waals surface area contributed by atoms with Gasteiger partial charge in [0.15, 0.2) is 0 Å². The Labute approximate surface area is 156 Å². The summed E-state index contributed by atoms with van der Waals surface area (Å²) in [4.78, 5) is 45.7. The van der Waals surface area contributed by atoms with Crippen molar-refractivity contribution in [1.82, 2.24) is 14.9 Å². The predicted octanol–water partition coefficient (Wildman–Crippen LogP) is 1.66. The fourth-order valence-electron chi connectivity index (χ4n) is 3.64. The van der Waals surface area contributed by atoms with Crippen molar-refractivity contribution >= 4 is 11.9 Å². The minimum Gasteiger partial charge on any atom is -0.465 e. The zero-order chi connectivity index (χ0) is 18.8. The van der Waals surface area contributed by atoms with Crippen LogP contribution in [-0.2, 0) is 27.3 Å². The number of benzene rings is 1. The number of H-pyrrole nitrogens is 1. The number of carbonyl (C=O) groups is 2. The maximum atomic E-state index is 12.6. The number of amides is 1. The fourth-order valence-corrected chi connectivity index (χ4v) is 3.64. The molecule has 2 aliphatic heterocycles. The van der Waals surface area contributed by atoms with Gasteiger partial charge in [0.2, 0.25) is 5.91 Å². The number of hydrogen-bond donors (Lipinski definition) is 1. The van der Waals surface area contributed by atoms with Crippen LogP contribution in [0, 0.1) is 5.92 Å². The Bertz CT molecular complexity index is 923. The Hall–Kier alpha value is -2.96. The summed E-state index contributed by atoms with van der Waals surface area (Å²) in [6.45, 7) is 1.27. The van der Waals surface area contributed by atoms with Crippen LogP contribution < -0.4 is 5.56 Å². The topological polar surface area (TPSA) is 92.4 Å². The molecule has 7 nitrogen and oxygen atoms in total. The van der Waals surface area contributed by atoms with Gasteiger partial charge >= 0.3 is 5.97 Å². The van der Waals surface area contributed by atoms with Crippen molar-refractivity contribution < 1.29 is 14.3 Å². The van der Waals surface area contributed by atoms with Crippen LogP contribution in [0.5, 0.6) is 0 Å². The zero-order valence-corrected chi connectivity index (χ0v) is 14.9. The van der Waals surface area contributed by atoms with Crippen LogP contribution in [0.2, 0.25) is 0 Å². The Morgan fingerprint density at radius 2 is 2.07 bits per heavy atom. The first-order valence-electron chi connectivity index (χ1n) is 9.23. The number of rotatable bonds is 4. The molecule has 3 heterocycles. The highest BCUT2D eigenvalue weighted by Gasteiger charge is 2.29. The molecule has 4 rings (SSSR count). The maximum absolute atomic E-state index is 12.6. The molecule has 0 radical (unpaired) electrons.